The summed E-state index contributed by atoms with van der Waals surface area (Å²) in [7, 11) is 1.50. The largest absolute Gasteiger partial charge is 0.320 e. The molecule has 0 aliphatic rings. The Labute approximate surface area is 111 Å². The summed E-state index contributed by atoms with van der Waals surface area (Å²) in [5, 5.41) is 22.3. The Morgan fingerprint density at radius 2 is 2.10 bits per heavy atom. The predicted octanol–water partition coefficient (Wildman–Crippen LogP) is 0.761. The summed E-state index contributed by atoms with van der Waals surface area (Å²) in [6.07, 6.45) is 1.17. The van der Waals surface area contributed by atoms with Gasteiger partial charge in [-0.15, -0.1) is 5.10 Å². The van der Waals surface area contributed by atoms with Crippen LogP contribution in [0.25, 0.3) is 11.0 Å². The molecule has 3 rings (SSSR count). The summed E-state index contributed by atoms with van der Waals surface area (Å²) < 4.78 is 2.22. The number of hydrogen-bond donors (Lipinski definition) is 0. The maximum Gasteiger partial charge on any atom is 0.320 e. The molecule has 0 bridgehead atoms. The number of aromatic nitrogens is 5. The van der Waals surface area contributed by atoms with Crippen molar-refractivity contribution in [1.29, 1.82) is 0 Å². The van der Waals surface area contributed by atoms with Crippen molar-refractivity contribution in [1.82, 2.24) is 24.8 Å². The molecule has 0 unspecified atom stereocenters. The number of aryl methyl sites for hydroxylation is 1. The SMILES string of the molecule is Cn1cc([N+](=O)[O-])c(C(=O)n2nnc3ccccc32)n1. The van der Waals surface area contributed by atoms with Crippen molar-refractivity contribution in [2.75, 3.05) is 0 Å². The van der Waals surface area contributed by atoms with E-state index >= 15 is 0 Å². The van der Waals surface area contributed by atoms with Crippen molar-refractivity contribution >= 4 is 22.6 Å². The van der Waals surface area contributed by atoms with Gasteiger partial charge in [0.2, 0.25) is 5.69 Å². The lowest BCUT2D eigenvalue weighted by Crippen LogP contribution is -2.16. The van der Waals surface area contributed by atoms with Crippen molar-refractivity contribution < 1.29 is 9.72 Å². The third kappa shape index (κ3) is 1.72. The summed E-state index contributed by atoms with van der Waals surface area (Å²) in [5.74, 6) is -0.689. The number of rotatable bonds is 2. The second-order valence-electron chi connectivity index (χ2n) is 4.09. The average molecular weight is 272 g/mol. The first-order valence-corrected chi connectivity index (χ1v) is 5.61. The normalized spacial score (nSPS) is 10.8. The lowest BCUT2D eigenvalue weighted by molar-refractivity contribution is -0.385. The minimum absolute atomic E-state index is 0.270. The molecular formula is C11H8N6O3. The van der Waals surface area contributed by atoms with Crippen LogP contribution in [0, 0.1) is 10.1 Å². The standard InChI is InChI=1S/C11H8N6O3/c1-15-6-9(17(19)20)10(13-15)11(18)16-8-5-3-2-4-7(8)12-14-16/h2-6H,1H3. The van der Waals surface area contributed by atoms with Crippen LogP contribution in [0.4, 0.5) is 5.69 Å². The Kier molecular flexibility index (Phi) is 2.53. The first-order valence-electron chi connectivity index (χ1n) is 5.61. The summed E-state index contributed by atoms with van der Waals surface area (Å²) >= 11 is 0. The summed E-state index contributed by atoms with van der Waals surface area (Å²) in [6.45, 7) is 0. The van der Waals surface area contributed by atoms with Crippen LogP contribution in [-0.2, 0) is 7.05 Å². The number of nitrogens with zero attached hydrogens (tertiary/aromatic N) is 6. The molecule has 2 heterocycles. The van der Waals surface area contributed by atoms with Crippen molar-refractivity contribution in [2.24, 2.45) is 7.05 Å². The minimum Gasteiger partial charge on any atom is -0.268 e. The van der Waals surface area contributed by atoms with Gasteiger partial charge in [0, 0.05) is 7.05 Å². The van der Waals surface area contributed by atoms with Crippen molar-refractivity contribution in [3.05, 3.63) is 46.3 Å². The molecule has 2 aromatic heterocycles. The number of nitro groups is 1. The van der Waals surface area contributed by atoms with Crippen LogP contribution in [-0.4, -0.2) is 35.6 Å². The maximum atomic E-state index is 12.3. The van der Waals surface area contributed by atoms with Crippen LogP contribution in [0.15, 0.2) is 30.5 Å². The minimum atomic E-state index is -0.689. The predicted molar refractivity (Wildman–Crippen MR) is 67.1 cm³/mol. The summed E-state index contributed by atoms with van der Waals surface area (Å²) in [4.78, 5) is 22.6. The Bertz CT molecular complexity index is 834. The fourth-order valence-corrected chi connectivity index (χ4v) is 1.88. The Morgan fingerprint density at radius 3 is 2.85 bits per heavy atom. The molecule has 0 saturated carbocycles. The van der Waals surface area contributed by atoms with Gasteiger partial charge >= 0.3 is 11.6 Å². The van der Waals surface area contributed by atoms with E-state index in [0.29, 0.717) is 11.0 Å². The Hall–Kier alpha value is -3.10. The second kappa shape index (κ2) is 4.23. The molecule has 0 atom stereocenters. The van der Waals surface area contributed by atoms with Gasteiger partial charge in [0.15, 0.2) is 0 Å². The zero-order chi connectivity index (χ0) is 14.3. The van der Waals surface area contributed by atoms with Gasteiger partial charge in [0.25, 0.3) is 0 Å². The van der Waals surface area contributed by atoms with Crippen LogP contribution in [0.2, 0.25) is 0 Å². The van der Waals surface area contributed by atoms with Gasteiger partial charge in [-0.3, -0.25) is 19.6 Å². The molecular weight excluding hydrogens is 264 g/mol. The molecule has 9 nitrogen and oxygen atoms in total. The number of fused-ring (bicyclic) bond motifs is 1. The molecule has 0 aliphatic heterocycles. The van der Waals surface area contributed by atoms with Gasteiger partial charge in [0.05, 0.1) is 10.4 Å². The van der Waals surface area contributed by atoms with Crippen molar-refractivity contribution in [2.45, 2.75) is 0 Å². The molecule has 0 fully saturated rings. The fraction of sp³-hybridized carbons (Fsp3) is 0.0909. The number of para-hydroxylation sites is 1. The lowest BCUT2D eigenvalue weighted by Gasteiger charge is -1.97. The number of benzene rings is 1. The highest BCUT2D eigenvalue weighted by atomic mass is 16.6. The van der Waals surface area contributed by atoms with E-state index in [1.54, 1.807) is 24.3 Å². The van der Waals surface area contributed by atoms with Crippen LogP contribution in [0.3, 0.4) is 0 Å². The van der Waals surface area contributed by atoms with Gasteiger partial charge < -0.3 is 0 Å². The smallest absolute Gasteiger partial charge is 0.268 e. The number of carbonyl (C=O) groups is 1. The lowest BCUT2D eigenvalue weighted by atomic mass is 10.3. The van der Waals surface area contributed by atoms with Gasteiger partial charge in [0.1, 0.15) is 11.7 Å². The molecule has 1 aromatic carbocycles. The van der Waals surface area contributed by atoms with Crippen molar-refractivity contribution in [3.8, 4) is 0 Å². The van der Waals surface area contributed by atoms with Gasteiger partial charge in [-0.1, -0.05) is 17.3 Å². The molecule has 0 N–H and O–H groups in total. The van der Waals surface area contributed by atoms with Crippen LogP contribution >= 0.6 is 0 Å². The molecule has 20 heavy (non-hydrogen) atoms. The van der Waals surface area contributed by atoms with E-state index in [9.17, 15) is 14.9 Å². The Morgan fingerprint density at radius 1 is 1.35 bits per heavy atom. The van der Waals surface area contributed by atoms with Crippen molar-refractivity contribution in [3.63, 3.8) is 0 Å². The van der Waals surface area contributed by atoms with Crippen LogP contribution < -0.4 is 0 Å². The summed E-state index contributed by atoms with van der Waals surface area (Å²) in [5.41, 5.74) is 0.363. The highest BCUT2D eigenvalue weighted by Crippen LogP contribution is 2.19. The molecule has 9 heteroatoms. The van der Waals surface area contributed by atoms with Crippen LogP contribution in [0.1, 0.15) is 10.5 Å². The quantitative estimate of drug-likeness (QED) is 0.503. The molecule has 0 aliphatic carbocycles. The first-order chi connectivity index (χ1) is 9.58. The molecule has 3 aromatic rings. The highest BCUT2D eigenvalue weighted by Gasteiger charge is 2.27. The van der Waals surface area contributed by atoms with E-state index < -0.39 is 10.8 Å². The second-order valence-corrected chi connectivity index (χ2v) is 4.09. The van der Waals surface area contributed by atoms with E-state index in [1.165, 1.54) is 17.9 Å². The number of carbonyl (C=O) groups excluding carboxylic acids is 1. The van der Waals surface area contributed by atoms with E-state index in [-0.39, 0.29) is 11.4 Å². The summed E-state index contributed by atoms with van der Waals surface area (Å²) in [6, 6.07) is 6.83. The van der Waals surface area contributed by atoms with E-state index in [0.717, 1.165) is 4.68 Å². The molecule has 0 saturated heterocycles. The Balaban J connectivity index is 2.16. The van der Waals surface area contributed by atoms with Gasteiger partial charge in [-0.25, -0.2) is 0 Å². The van der Waals surface area contributed by atoms with Crippen LogP contribution in [0.5, 0.6) is 0 Å². The molecule has 0 radical (unpaired) electrons. The van der Waals surface area contributed by atoms with Gasteiger partial charge in [-0.05, 0) is 12.1 Å². The molecule has 0 spiro atoms. The highest BCUT2D eigenvalue weighted by molar-refractivity contribution is 6.01. The zero-order valence-corrected chi connectivity index (χ0v) is 10.3. The average Bonchev–Trinajstić information content (AvgIpc) is 3.01. The van der Waals surface area contributed by atoms with Gasteiger partial charge in [-0.2, -0.15) is 9.78 Å². The number of hydrogen-bond acceptors (Lipinski definition) is 6. The fourth-order valence-electron chi connectivity index (χ4n) is 1.88. The maximum absolute atomic E-state index is 12.3. The monoisotopic (exact) mass is 272 g/mol. The third-order valence-corrected chi connectivity index (χ3v) is 2.75. The first kappa shape index (κ1) is 12.0. The van der Waals surface area contributed by atoms with E-state index in [1.807, 2.05) is 0 Å². The van der Waals surface area contributed by atoms with E-state index in [2.05, 4.69) is 15.4 Å². The van der Waals surface area contributed by atoms with E-state index in [4.69, 9.17) is 0 Å². The topological polar surface area (TPSA) is 109 Å². The molecule has 100 valence electrons. The third-order valence-electron chi connectivity index (χ3n) is 2.75. The molecule has 0 amide bonds. The zero-order valence-electron chi connectivity index (χ0n) is 10.3.